The Morgan fingerprint density at radius 1 is 1.33 bits per heavy atom. The molecule has 0 aliphatic heterocycles. The van der Waals surface area contributed by atoms with Crippen molar-refractivity contribution in [3.63, 3.8) is 0 Å². The number of nitro groups is 1. The molecule has 0 bridgehead atoms. The minimum Gasteiger partial charge on any atom is -0.496 e. The standard InChI is InChI=1S/C14H13BrN2O3S/c1-20-13-7-11(16)4-5-14(13)21-8-9-2-3-10(15)6-12(9)17(18)19/h2-7H,8,16H2,1H3. The van der Waals surface area contributed by atoms with E-state index in [2.05, 4.69) is 15.9 Å². The maximum Gasteiger partial charge on any atom is 0.274 e. The summed E-state index contributed by atoms with van der Waals surface area (Å²) in [6.45, 7) is 0. The van der Waals surface area contributed by atoms with Crippen molar-refractivity contribution in [3.05, 3.63) is 56.5 Å². The van der Waals surface area contributed by atoms with Gasteiger partial charge in [0.05, 0.1) is 12.0 Å². The Hall–Kier alpha value is -1.73. The highest BCUT2D eigenvalue weighted by Gasteiger charge is 2.15. The fourth-order valence-corrected chi connectivity index (χ4v) is 3.14. The number of hydrogen-bond acceptors (Lipinski definition) is 5. The molecule has 21 heavy (non-hydrogen) atoms. The fourth-order valence-electron chi connectivity index (χ4n) is 1.79. The average molecular weight is 369 g/mol. The number of rotatable bonds is 5. The van der Waals surface area contributed by atoms with Gasteiger partial charge in [-0.05, 0) is 18.2 Å². The van der Waals surface area contributed by atoms with Crippen molar-refractivity contribution in [2.24, 2.45) is 0 Å². The lowest BCUT2D eigenvalue weighted by Gasteiger charge is -2.09. The molecule has 110 valence electrons. The molecule has 0 heterocycles. The zero-order valence-corrected chi connectivity index (χ0v) is 13.6. The minimum atomic E-state index is -0.374. The highest BCUT2D eigenvalue weighted by atomic mass is 79.9. The lowest BCUT2D eigenvalue weighted by molar-refractivity contribution is -0.385. The quantitative estimate of drug-likeness (QED) is 0.369. The van der Waals surface area contributed by atoms with Crippen LogP contribution < -0.4 is 10.5 Å². The molecule has 2 N–H and O–H groups in total. The maximum atomic E-state index is 11.1. The predicted octanol–water partition coefficient (Wildman–Crippen LogP) is 4.24. The molecule has 0 atom stereocenters. The summed E-state index contributed by atoms with van der Waals surface area (Å²) in [6.07, 6.45) is 0. The van der Waals surface area contributed by atoms with E-state index >= 15 is 0 Å². The molecule has 0 saturated carbocycles. The van der Waals surface area contributed by atoms with Crippen molar-refractivity contribution in [1.82, 2.24) is 0 Å². The number of anilines is 1. The number of benzene rings is 2. The van der Waals surface area contributed by atoms with Gasteiger partial charge in [-0.25, -0.2) is 0 Å². The van der Waals surface area contributed by atoms with Crippen molar-refractivity contribution in [1.29, 1.82) is 0 Å². The predicted molar refractivity (Wildman–Crippen MR) is 87.8 cm³/mol. The Kier molecular flexibility index (Phi) is 5.08. The van der Waals surface area contributed by atoms with Gasteiger partial charge in [0.25, 0.3) is 5.69 Å². The van der Waals surface area contributed by atoms with Crippen LogP contribution in [0.1, 0.15) is 5.56 Å². The molecule has 0 aromatic heterocycles. The molecule has 7 heteroatoms. The molecule has 0 spiro atoms. The van der Waals surface area contributed by atoms with Crippen molar-refractivity contribution < 1.29 is 9.66 Å². The summed E-state index contributed by atoms with van der Waals surface area (Å²) in [5.41, 5.74) is 7.09. The second-order valence-electron chi connectivity index (χ2n) is 4.23. The van der Waals surface area contributed by atoms with Crippen LogP contribution in [0.2, 0.25) is 0 Å². The van der Waals surface area contributed by atoms with Gasteiger partial charge in [-0.3, -0.25) is 10.1 Å². The highest BCUT2D eigenvalue weighted by molar-refractivity contribution is 9.10. The smallest absolute Gasteiger partial charge is 0.274 e. The van der Waals surface area contributed by atoms with Crippen LogP contribution >= 0.6 is 27.7 Å². The average Bonchev–Trinajstić information content (AvgIpc) is 2.46. The van der Waals surface area contributed by atoms with Crippen molar-refractivity contribution >= 4 is 39.1 Å². The molecular weight excluding hydrogens is 356 g/mol. The Bertz CT molecular complexity index is 679. The Balaban J connectivity index is 2.22. The van der Waals surface area contributed by atoms with Crippen molar-refractivity contribution in [2.75, 3.05) is 12.8 Å². The van der Waals surface area contributed by atoms with Gasteiger partial charge in [-0.15, -0.1) is 11.8 Å². The van der Waals surface area contributed by atoms with Crippen LogP contribution in [0.5, 0.6) is 5.75 Å². The number of nitrogens with zero attached hydrogens (tertiary/aromatic N) is 1. The van der Waals surface area contributed by atoms with Crippen LogP contribution in [0.15, 0.2) is 45.8 Å². The van der Waals surface area contributed by atoms with E-state index in [1.807, 2.05) is 6.07 Å². The van der Waals surface area contributed by atoms with Crippen molar-refractivity contribution in [2.45, 2.75) is 10.6 Å². The second kappa shape index (κ2) is 6.82. The topological polar surface area (TPSA) is 78.4 Å². The summed E-state index contributed by atoms with van der Waals surface area (Å²) < 4.78 is 5.96. The maximum absolute atomic E-state index is 11.1. The third-order valence-corrected chi connectivity index (χ3v) is 4.41. The van der Waals surface area contributed by atoms with Gasteiger partial charge in [0.15, 0.2) is 0 Å². The minimum absolute atomic E-state index is 0.103. The van der Waals surface area contributed by atoms with E-state index in [9.17, 15) is 10.1 Å². The summed E-state index contributed by atoms with van der Waals surface area (Å²) in [4.78, 5) is 11.6. The van der Waals surface area contributed by atoms with Crippen LogP contribution in [-0.2, 0) is 5.75 Å². The number of nitro benzene ring substituents is 1. The SMILES string of the molecule is COc1cc(N)ccc1SCc1ccc(Br)cc1[N+](=O)[O-]. The van der Waals surface area contributed by atoms with E-state index in [1.165, 1.54) is 17.8 Å². The first kappa shape index (κ1) is 15.7. The number of nitrogen functional groups attached to an aromatic ring is 1. The van der Waals surface area contributed by atoms with Crippen LogP contribution in [-0.4, -0.2) is 12.0 Å². The van der Waals surface area contributed by atoms with E-state index < -0.39 is 0 Å². The number of halogens is 1. The van der Waals surface area contributed by atoms with Gasteiger partial charge < -0.3 is 10.5 Å². The first-order valence-corrected chi connectivity index (χ1v) is 7.78. The number of thioether (sulfide) groups is 1. The number of ether oxygens (including phenoxy) is 1. The molecule has 5 nitrogen and oxygen atoms in total. The van der Waals surface area contributed by atoms with Gasteiger partial charge in [-0.2, -0.15) is 0 Å². The van der Waals surface area contributed by atoms with Gasteiger partial charge >= 0.3 is 0 Å². The largest absolute Gasteiger partial charge is 0.496 e. The van der Waals surface area contributed by atoms with E-state index in [4.69, 9.17) is 10.5 Å². The van der Waals surface area contributed by atoms with E-state index in [1.54, 1.807) is 31.4 Å². The van der Waals surface area contributed by atoms with Gasteiger partial charge in [-0.1, -0.05) is 22.0 Å². The van der Waals surface area contributed by atoms with Crippen LogP contribution in [0, 0.1) is 10.1 Å². The molecule has 2 aromatic carbocycles. The van der Waals surface area contributed by atoms with Crippen molar-refractivity contribution in [3.8, 4) is 5.75 Å². The Labute approximate surface area is 134 Å². The van der Waals surface area contributed by atoms with E-state index in [0.29, 0.717) is 27.2 Å². The van der Waals surface area contributed by atoms with Crippen LogP contribution in [0.3, 0.4) is 0 Å². The lowest BCUT2D eigenvalue weighted by Crippen LogP contribution is -1.95. The van der Waals surface area contributed by atoms with Gasteiger partial charge in [0, 0.05) is 38.5 Å². The zero-order chi connectivity index (χ0) is 15.4. The van der Waals surface area contributed by atoms with Crippen LogP contribution in [0.4, 0.5) is 11.4 Å². The number of nitrogens with two attached hydrogens (primary N) is 1. The van der Waals surface area contributed by atoms with E-state index in [0.717, 1.165) is 4.90 Å². The molecule has 0 aliphatic carbocycles. The summed E-state index contributed by atoms with van der Waals surface area (Å²) >= 11 is 4.72. The second-order valence-corrected chi connectivity index (χ2v) is 6.16. The molecule has 2 rings (SSSR count). The van der Waals surface area contributed by atoms with E-state index in [-0.39, 0.29) is 10.6 Å². The third kappa shape index (κ3) is 3.89. The molecule has 0 unspecified atom stereocenters. The summed E-state index contributed by atoms with van der Waals surface area (Å²) in [5, 5.41) is 11.1. The highest BCUT2D eigenvalue weighted by Crippen LogP contribution is 2.35. The van der Waals surface area contributed by atoms with Gasteiger partial charge in [0.2, 0.25) is 0 Å². The van der Waals surface area contributed by atoms with Gasteiger partial charge in [0.1, 0.15) is 5.75 Å². The first-order chi connectivity index (χ1) is 10.0. The van der Waals surface area contributed by atoms with Crippen LogP contribution in [0.25, 0.3) is 0 Å². The number of methoxy groups -OCH3 is 1. The summed E-state index contributed by atoms with van der Waals surface area (Å²) in [7, 11) is 1.57. The summed E-state index contributed by atoms with van der Waals surface area (Å²) in [6, 6.07) is 10.4. The third-order valence-electron chi connectivity index (χ3n) is 2.81. The number of hydrogen-bond donors (Lipinski definition) is 1. The molecule has 0 aliphatic rings. The molecule has 0 saturated heterocycles. The Morgan fingerprint density at radius 2 is 2.10 bits per heavy atom. The molecule has 0 radical (unpaired) electrons. The molecule has 2 aromatic rings. The normalized spacial score (nSPS) is 10.4. The lowest BCUT2D eigenvalue weighted by atomic mass is 10.2. The Morgan fingerprint density at radius 3 is 2.76 bits per heavy atom. The molecular formula is C14H13BrN2O3S. The summed E-state index contributed by atoms with van der Waals surface area (Å²) in [5.74, 6) is 1.14. The molecule has 0 amide bonds. The fraction of sp³-hybridized carbons (Fsp3) is 0.143. The monoisotopic (exact) mass is 368 g/mol. The zero-order valence-electron chi connectivity index (χ0n) is 11.2. The molecule has 0 fully saturated rings. The first-order valence-electron chi connectivity index (χ1n) is 6.00.